The average Bonchev–Trinajstić information content (AvgIpc) is 2.11. The van der Waals surface area contributed by atoms with Gasteiger partial charge in [-0.25, -0.2) is 14.3 Å². The molecule has 1 aromatic heterocycles. The van der Waals surface area contributed by atoms with Crippen LogP contribution in [-0.4, -0.2) is 20.8 Å². The number of aryl methyl sites for hydroxylation is 2. The number of aromatic nitrogens is 2. The van der Waals surface area contributed by atoms with Crippen LogP contribution in [0.25, 0.3) is 0 Å². The second-order valence-corrected chi connectivity index (χ2v) is 2.06. The van der Waals surface area contributed by atoms with E-state index in [0.717, 1.165) is 4.57 Å². The molecule has 0 bridgehead atoms. The molecule has 0 fully saturated rings. The highest BCUT2D eigenvalue weighted by Gasteiger charge is 2.07. The first kappa shape index (κ1) is 6.80. The third kappa shape index (κ3) is 0.877. The average molecular weight is 140 g/mol. The Labute approximate surface area is 58.1 Å². The number of hydrogen-bond acceptors (Lipinski definition) is 2. The molecule has 10 heavy (non-hydrogen) atoms. The largest absolute Gasteiger partial charge is 0.464 e. The standard InChI is InChI=1S/C6H8N2O2/c1-4-3-7-5(2)8(4)6(9)10/h3H,1-2H3,(H,9,10). The number of imidazole rings is 1. The first-order chi connectivity index (χ1) is 4.63. The molecule has 0 unspecified atom stereocenters. The van der Waals surface area contributed by atoms with Gasteiger partial charge in [-0.2, -0.15) is 0 Å². The fourth-order valence-corrected chi connectivity index (χ4v) is 0.847. The predicted molar refractivity (Wildman–Crippen MR) is 35.1 cm³/mol. The van der Waals surface area contributed by atoms with Crippen LogP contribution in [-0.2, 0) is 0 Å². The van der Waals surface area contributed by atoms with Crippen LogP contribution in [0.4, 0.5) is 4.79 Å². The summed E-state index contributed by atoms with van der Waals surface area (Å²) in [5, 5.41) is 8.56. The molecular weight excluding hydrogens is 132 g/mol. The van der Waals surface area contributed by atoms with E-state index in [1.54, 1.807) is 13.8 Å². The molecule has 0 aliphatic carbocycles. The highest BCUT2D eigenvalue weighted by atomic mass is 16.4. The van der Waals surface area contributed by atoms with Gasteiger partial charge in [0.05, 0.1) is 0 Å². The zero-order chi connectivity index (χ0) is 7.72. The Balaban J connectivity index is 3.23. The molecule has 0 saturated carbocycles. The quantitative estimate of drug-likeness (QED) is 0.585. The first-order valence-corrected chi connectivity index (χ1v) is 2.87. The molecule has 0 atom stereocenters. The maximum absolute atomic E-state index is 10.4. The van der Waals surface area contributed by atoms with Gasteiger partial charge in [0.2, 0.25) is 0 Å². The van der Waals surface area contributed by atoms with Crippen molar-refractivity contribution in [2.24, 2.45) is 0 Å². The van der Waals surface area contributed by atoms with Gasteiger partial charge in [0, 0.05) is 11.9 Å². The summed E-state index contributed by atoms with van der Waals surface area (Å²) in [6.45, 7) is 3.36. The van der Waals surface area contributed by atoms with E-state index in [9.17, 15) is 4.79 Å². The van der Waals surface area contributed by atoms with Gasteiger partial charge in [-0.15, -0.1) is 0 Å². The van der Waals surface area contributed by atoms with Crippen LogP contribution in [0.5, 0.6) is 0 Å². The highest BCUT2D eigenvalue weighted by molar-refractivity contribution is 5.69. The Morgan fingerprint density at radius 2 is 2.30 bits per heavy atom. The monoisotopic (exact) mass is 140 g/mol. The Hall–Kier alpha value is -1.32. The van der Waals surface area contributed by atoms with Crippen molar-refractivity contribution in [3.63, 3.8) is 0 Å². The lowest BCUT2D eigenvalue weighted by Gasteiger charge is -1.97. The van der Waals surface area contributed by atoms with Crippen LogP contribution in [0.15, 0.2) is 6.20 Å². The molecule has 1 heterocycles. The van der Waals surface area contributed by atoms with Crippen LogP contribution in [0.2, 0.25) is 0 Å². The summed E-state index contributed by atoms with van der Waals surface area (Å²) in [5.41, 5.74) is 0.644. The molecule has 0 aliphatic rings. The van der Waals surface area contributed by atoms with Crippen molar-refractivity contribution < 1.29 is 9.90 Å². The van der Waals surface area contributed by atoms with Gasteiger partial charge < -0.3 is 5.11 Å². The Morgan fingerprint density at radius 3 is 2.50 bits per heavy atom. The fourth-order valence-electron chi connectivity index (χ4n) is 0.847. The van der Waals surface area contributed by atoms with Crippen molar-refractivity contribution in [2.75, 3.05) is 0 Å². The van der Waals surface area contributed by atoms with E-state index < -0.39 is 6.09 Å². The summed E-state index contributed by atoms with van der Waals surface area (Å²) in [5.74, 6) is 0.505. The van der Waals surface area contributed by atoms with E-state index in [-0.39, 0.29) is 0 Å². The lowest BCUT2D eigenvalue weighted by atomic mass is 10.5. The Kier molecular flexibility index (Phi) is 1.45. The number of carboxylic acid groups (broad SMARTS) is 1. The molecule has 1 aromatic rings. The molecule has 0 spiro atoms. The minimum Gasteiger partial charge on any atom is -0.464 e. The molecule has 4 heteroatoms. The minimum absolute atomic E-state index is 0.505. The molecule has 4 nitrogen and oxygen atoms in total. The Bertz CT molecular complexity index is 245. The molecule has 0 saturated heterocycles. The summed E-state index contributed by atoms with van der Waals surface area (Å²) < 4.78 is 1.14. The zero-order valence-electron chi connectivity index (χ0n) is 5.83. The first-order valence-electron chi connectivity index (χ1n) is 2.87. The van der Waals surface area contributed by atoms with Crippen LogP contribution < -0.4 is 0 Å². The van der Waals surface area contributed by atoms with Crippen molar-refractivity contribution in [2.45, 2.75) is 13.8 Å². The topological polar surface area (TPSA) is 55.1 Å². The normalized spacial score (nSPS) is 9.80. The number of carbonyl (C=O) groups is 1. The lowest BCUT2D eigenvalue weighted by molar-refractivity contribution is 0.195. The zero-order valence-corrected chi connectivity index (χ0v) is 5.83. The van der Waals surface area contributed by atoms with Crippen LogP contribution in [0, 0.1) is 13.8 Å². The van der Waals surface area contributed by atoms with Gasteiger partial charge in [-0.1, -0.05) is 0 Å². The molecular formula is C6H8N2O2. The van der Waals surface area contributed by atoms with Crippen LogP contribution >= 0.6 is 0 Å². The number of hydrogen-bond donors (Lipinski definition) is 1. The second-order valence-electron chi connectivity index (χ2n) is 2.06. The maximum atomic E-state index is 10.4. The molecule has 0 radical (unpaired) electrons. The predicted octanol–water partition coefficient (Wildman–Crippen LogP) is 1.03. The van der Waals surface area contributed by atoms with Crippen molar-refractivity contribution in [1.29, 1.82) is 0 Å². The van der Waals surface area contributed by atoms with Crippen molar-refractivity contribution in [1.82, 2.24) is 9.55 Å². The summed E-state index contributed by atoms with van der Waals surface area (Å²) >= 11 is 0. The van der Waals surface area contributed by atoms with Gasteiger partial charge in [0.15, 0.2) is 0 Å². The van der Waals surface area contributed by atoms with E-state index in [1.165, 1.54) is 6.20 Å². The highest BCUT2D eigenvalue weighted by Crippen LogP contribution is 2.00. The number of rotatable bonds is 0. The van der Waals surface area contributed by atoms with Crippen molar-refractivity contribution in [3.05, 3.63) is 17.7 Å². The summed E-state index contributed by atoms with van der Waals surface area (Å²) in [7, 11) is 0. The summed E-state index contributed by atoms with van der Waals surface area (Å²) in [6, 6.07) is 0. The molecule has 0 aliphatic heterocycles. The third-order valence-corrected chi connectivity index (χ3v) is 1.31. The summed E-state index contributed by atoms with van der Waals surface area (Å²) in [4.78, 5) is 14.2. The molecule has 1 rings (SSSR count). The molecule has 1 N–H and O–H groups in total. The Morgan fingerprint density at radius 1 is 1.70 bits per heavy atom. The number of nitrogens with zero attached hydrogens (tertiary/aromatic N) is 2. The van der Waals surface area contributed by atoms with Gasteiger partial charge in [-0.3, -0.25) is 0 Å². The SMILES string of the molecule is Cc1cnc(C)n1C(=O)O. The molecule has 54 valence electrons. The minimum atomic E-state index is -0.979. The van der Waals surface area contributed by atoms with Gasteiger partial charge in [-0.05, 0) is 13.8 Å². The van der Waals surface area contributed by atoms with Gasteiger partial charge in [0.25, 0.3) is 0 Å². The lowest BCUT2D eigenvalue weighted by Crippen LogP contribution is -2.11. The molecule has 0 amide bonds. The van der Waals surface area contributed by atoms with Gasteiger partial charge >= 0.3 is 6.09 Å². The second kappa shape index (κ2) is 2.13. The van der Waals surface area contributed by atoms with Crippen LogP contribution in [0.3, 0.4) is 0 Å². The van der Waals surface area contributed by atoms with E-state index in [1.807, 2.05) is 0 Å². The van der Waals surface area contributed by atoms with E-state index in [4.69, 9.17) is 5.11 Å². The fraction of sp³-hybridized carbons (Fsp3) is 0.333. The van der Waals surface area contributed by atoms with E-state index >= 15 is 0 Å². The van der Waals surface area contributed by atoms with Crippen molar-refractivity contribution in [3.8, 4) is 0 Å². The van der Waals surface area contributed by atoms with Crippen LogP contribution in [0.1, 0.15) is 11.5 Å². The smallest absolute Gasteiger partial charge is 0.417 e. The van der Waals surface area contributed by atoms with Gasteiger partial charge in [0.1, 0.15) is 5.82 Å². The summed E-state index contributed by atoms with van der Waals surface area (Å²) in [6.07, 6.45) is 0.552. The van der Waals surface area contributed by atoms with E-state index in [2.05, 4.69) is 4.98 Å². The maximum Gasteiger partial charge on any atom is 0.417 e. The third-order valence-electron chi connectivity index (χ3n) is 1.31. The van der Waals surface area contributed by atoms with E-state index in [0.29, 0.717) is 11.5 Å². The molecule has 0 aromatic carbocycles. The van der Waals surface area contributed by atoms with Crippen molar-refractivity contribution >= 4 is 6.09 Å².